The van der Waals surface area contributed by atoms with Crippen LogP contribution in [0.25, 0.3) is 0 Å². The van der Waals surface area contributed by atoms with Crippen molar-refractivity contribution >= 4 is 5.78 Å². The molecule has 1 aromatic carbocycles. The van der Waals surface area contributed by atoms with Crippen LogP contribution in [0.4, 0.5) is 0 Å². The SMILES string of the molecule is Cc1c(C)c(C(=O)C(C)C)c(C)c(C)c1CC(C)C. The van der Waals surface area contributed by atoms with Gasteiger partial charge >= 0.3 is 0 Å². The minimum absolute atomic E-state index is 0.0622. The smallest absolute Gasteiger partial charge is 0.165 e. The topological polar surface area (TPSA) is 17.1 Å². The highest BCUT2D eigenvalue weighted by atomic mass is 16.1. The molecule has 19 heavy (non-hydrogen) atoms. The average Bonchev–Trinajstić information content (AvgIpc) is 2.32. The quantitative estimate of drug-likeness (QED) is 0.699. The lowest BCUT2D eigenvalue weighted by atomic mass is 9.82. The molecule has 0 aliphatic carbocycles. The molecule has 1 aromatic rings. The molecule has 0 saturated carbocycles. The van der Waals surface area contributed by atoms with Crippen molar-refractivity contribution < 1.29 is 4.79 Å². The van der Waals surface area contributed by atoms with Gasteiger partial charge in [-0.2, -0.15) is 0 Å². The van der Waals surface area contributed by atoms with Gasteiger partial charge in [0.25, 0.3) is 0 Å². The summed E-state index contributed by atoms with van der Waals surface area (Å²) < 4.78 is 0. The molecule has 0 aliphatic heterocycles. The van der Waals surface area contributed by atoms with E-state index in [0.29, 0.717) is 5.92 Å². The summed E-state index contributed by atoms with van der Waals surface area (Å²) in [6.45, 7) is 17.0. The number of ketones is 1. The summed E-state index contributed by atoms with van der Waals surface area (Å²) in [5.74, 6) is 0.979. The van der Waals surface area contributed by atoms with Crippen molar-refractivity contribution in [3.63, 3.8) is 0 Å². The molecule has 0 spiro atoms. The molecular weight excluding hydrogens is 232 g/mol. The molecule has 0 saturated heterocycles. The molecule has 1 rings (SSSR count). The lowest BCUT2D eigenvalue weighted by molar-refractivity contribution is 0.0938. The van der Waals surface area contributed by atoms with E-state index in [1.807, 2.05) is 13.8 Å². The zero-order valence-corrected chi connectivity index (χ0v) is 13.8. The van der Waals surface area contributed by atoms with Gasteiger partial charge in [-0.15, -0.1) is 0 Å². The van der Waals surface area contributed by atoms with E-state index in [0.717, 1.165) is 12.0 Å². The molecule has 0 aliphatic rings. The first-order chi connectivity index (χ1) is 8.68. The second kappa shape index (κ2) is 5.90. The highest BCUT2D eigenvalue weighted by molar-refractivity contribution is 6.00. The van der Waals surface area contributed by atoms with Crippen LogP contribution in [-0.2, 0) is 6.42 Å². The Hall–Kier alpha value is -1.11. The number of carbonyl (C=O) groups excluding carboxylic acids is 1. The molecular formula is C18H28O. The van der Waals surface area contributed by atoms with Crippen LogP contribution in [0.15, 0.2) is 0 Å². The average molecular weight is 260 g/mol. The molecule has 0 radical (unpaired) electrons. The van der Waals surface area contributed by atoms with Gasteiger partial charge in [0.2, 0.25) is 0 Å². The summed E-state index contributed by atoms with van der Waals surface area (Å²) in [5, 5.41) is 0. The molecule has 0 atom stereocenters. The number of benzene rings is 1. The summed E-state index contributed by atoms with van der Waals surface area (Å²) in [6.07, 6.45) is 1.09. The van der Waals surface area contributed by atoms with Crippen molar-refractivity contribution in [2.24, 2.45) is 11.8 Å². The van der Waals surface area contributed by atoms with Gasteiger partial charge in [-0.05, 0) is 67.9 Å². The van der Waals surface area contributed by atoms with E-state index in [1.165, 1.54) is 27.8 Å². The second-order valence-corrected chi connectivity index (χ2v) is 6.47. The fourth-order valence-corrected chi connectivity index (χ4v) is 2.76. The lowest BCUT2D eigenvalue weighted by Crippen LogP contribution is -2.15. The number of Topliss-reactive ketones (excluding diaryl/α,β-unsaturated/α-hetero) is 1. The van der Waals surface area contributed by atoms with Crippen LogP contribution in [0.1, 0.15) is 65.9 Å². The van der Waals surface area contributed by atoms with E-state index in [4.69, 9.17) is 0 Å². The third-order valence-corrected chi connectivity index (χ3v) is 4.16. The Labute approximate surface area is 118 Å². The van der Waals surface area contributed by atoms with Gasteiger partial charge in [-0.3, -0.25) is 4.79 Å². The number of carbonyl (C=O) groups is 1. The highest BCUT2D eigenvalue weighted by Gasteiger charge is 2.21. The van der Waals surface area contributed by atoms with Crippen LogP contribution in [-0.4, -0.2) is 5.78 Å². The van der Waals surface area contributed by atoms with Gasteiger partial charge in [0.15, 0.2) is 5.78 Å². The number of hydrogen-bond acceptors (Lipinski definition) is 1. The van der Waals surface area contributed by atoms with Gasteiger partial charge in [-0.1, -0.05) is 27.7 Å². The summed E-state index contributed by atoms with van der Waals surface area (Å²) in [6, 6.07) is 0. The summed E-state index contributed by atoms with van der Waals surface area (Å²) in [7, 11) is 0. The first kappa shape index (κ1) is 15.9. The molecule has 0 aromatic heterocycles. The molecule has 0 heterocycles. The highest BCUT2D eigenvalue weighted by Crippen LogP contribution is 2.30. The number of hydrogen-bond donors (Lipinski definition) is 0. The first-order valence-electron chi connectivity index (χ1n) is 7.31. The van der Waals surface area contributed by atoms with E-state index in [1.54, 1.807) is 0 Å². The van der Waals surface area contributed by atoms with Gasteiger partial charge in [0.1, 0.15) is 0 Å². The van der Waals surface area contributed by atoms with Crippen LogP contribution in [0, 0.1) is 39.5 Å². The minimum Gasteiger partial charge on any atom is -0.294 e. The van der Waals surface area contributed by atoms with Gasteiger partial charge in [0.05, 0.1) is 0 Å². The lowest BCUT2D eigenvalue weighted by Gasteiger charge is -2.22. The zero-order chi connectivity index (χ0) is 14.9. The van der Waals surface area contributed by atoms with Gasteiger partial charge < -0.3 is 0 Å². The van der Waals surface area contributed by atoms with Crippen molar-refractivity contribution in [3.05, 3.63) is 33.4 Å². The monoisotopic (exact) mass is 260 g/mol. The molecule has 1 nitrogen and oxygen atoms in total. The van der Waals surface area contributed by atoms with Crippen molar-refractivity contribution in [2.75, 3.05) is 0 Å². The zero-order valence-electron chi connectivity index (χ0n) is 13.8. The Bertz CT molecular complexity index is 464. The van der Waals surface area contributed by atoms with Gasteiger partial charge in [0, 0.05) is 11.5 Å². The maximum Gasteiger partial charge on any atom is 0.165 e. The second-order valence-electron chi connectivity index (χ2n) is 6.47. The summed E-state index contributed by atoms with van der Waals surface area (Å²) in [5.41, 5.74) is 7.36. The molecule has 0 bridgehead atoms. The van der Waals surface area contributed by atoms with Crippen molar-refractivity contribution in [1.29, 1.82) is 0 Å². The fraction of sp³-hybridized carbons (Fsp3) is 0.611. The predicted molar refractivity (Wildman–Crippen MR) is 83.1 cm³/mol. The maximum absolute atomic E-state index is 12.4. The van der Waals surface area contributed by atoms with Crippen molar-refractivity contribution in [3.8, 4) is 0 Å². The van der Waals surface area contributed by atoms with E-state index >= 15 is 0 Å². The van der Waals surface area contributed by atoms with Crippen LogP contribution >= 0.6 is 0 Å². The number of rotatable bonds is 4. The predicted octanol–water partition coefficient (Wildman–Crippen LogP) is 4.96. The third kappa shape index (κ3) is 3.08. The molecule has 0 fully saturated rings. The molecule has 0 unspecified atom stereocenters. The fourth-order valence-electron chi connectivity index (χ4n) is 2.76. The van der Waals surface area contributed by atoms with E-state index in [2.05, 4.69) is 41.5 Å². The Morgan fingerprint density at radius 2 is 1.26 bits per heavy atom. The third-order valence-electron chi connectivity index (χ3n) is 4.16. The minimum atomic E-state index is 0.0622. The normalized spacial score (nSPS) is 11.5. The van der Waals surface area contributed by atoms with Gasteiger partial charge in [-0.25, -0.2) is 0 Å². The Balaban J connectivity index is 3.52. The Morgan fingerprint density at radius 1 is 0.842 bits per heavy atom. The van der Waals surface area contributed by atoms with E-state index in [-0.39, 0.29) is 11.7 Å². The summed E-state index contributed by atoms with van der Waals surface area (Å²) >= 11 is 0. The van der Waals surface area contributed by atoms with Crippen LogP contribution < -0.4 is 0 Å². The van der Waals surface area contributed by atoms with Crippen molar-refractivity contribution in [1.82, 2.24) is 0 Å². The maximum atomic E-state index is 12.4. The standard InChI is InChI=1S/C18H28O/c1-10(2)9-16-12(5)14(7)17(15(8)13(16)6)18(19)11(3)4/h10-11H,9H2,1-8H3. The molecule has 106 valence electrons. The van der Waals surface area contributed by atoms with Crippen molar-refractivity contribution in [2.45, 2.75) is 61.8 Å². The molecule has 0 N–H and O–H groups in total. The van der Waals surface area contributed by atoms with Crippen LogP contribution in [0.2, 0.25) is 0 Å². The molecule has 1 heteroatoms. The summed E-state index contributed by atoms with van der Waals surface area (Å²) in [4.78, 5) is 12.4. The Morgan fingerprint density at radius 3 is 1.58 bits per heavy atom. The first-order valence-corrected chi connectivity index (χ1v) is 7.31. The Kier molecular flexibility index (Phi) is 4.95. The molecule has 0 amide bonds. The van der Waals surface area contributed by atoms with E-state index in [9.17, 15) is 4.79 Å². The van der Waals surface area contributed by atoms with Crippen LogP contribution in [0.3, 0.4) is 0 Å². The largest absolute Gasteiger partial charge is 0.294 e. The van der Waals surface area contributed by atoms with E-state index < -0.39 is 0 Å². The van der Waals surface area contributed by atoms with Crippen LogP contribution in [0.5, 0.6) is 0 Å².